The van der Waals surface area contributed by atoms with E-state index in [1.165, 1.54) is 0 Å². The van der Waals surface area contributed by atoms with Gasteiger partial charge in [0, 0.05) is 0 Å². The Kier molecular flexibility index (Phi) is 4.76. The van der Waals surface area contributed by atoms with Crippen molar-refractivity contribution in [2.24, 2.45) is 0 Å². The molecule has 0 aliphatic rings. The normalized spacial score (nSPS) is 13.6. The van der Waals surface area contributed by atoms with E-state index in [1.54, 1.807) is 0 Å². The van der Waals surface area contributed by atoms with Gasteiger partial charge in [-0.3, -0.25) is 0 Å². The first kappa shape index (κ1) is 20.1. The molecule has 9 aromatic rings. The van der Waals surface area contributed by atoms with E-state index in [0.29, 0.717) is 44.2 Å². The molecule has 0 aromatic heterocycles. The fraction of sp³-hybridized carbons (Fsp3) is 0. The van der Waals surface area contributed by atoms with E-state index in [-0.39, 0.29) is 53.1 Å². The molecule has 0 fully saturated rings. The summed E-state index contributed by atoms with van der Waals surface area (Å²) in [4.78, 5) is 0. The maximum atomic E-state index is 9.85. The quantitative estimate of drug-likeness (QED) is 0.179. The number of hydrogen-bond acceptors (Lipinski definition) is 0. The summed E-state index contributed by atoms with van der Waals surface area (Å²) in [6.07, 6.45) is 0. The average Bonchev–Trinajstić information content (AvgIpc) is 3.20. The Hall–Kier alpha value is -5.98. The van der Waals surface area contributed by atoms with Crippen molar-refractivity contribution in [1.82, 2.24) is 0 Å². The third-order valence-corrected chi connectivity index (χ3v) is 8.86. The fourth-order valence-corrected chi connectivity index (χ4v) is 6.59. The SMILES string of the molecule is [2H]c1c([2H])c([2H])c2c(-c3ccc(-c4ccc5ccccc5c4)cc3)c3c([2H])c(-c4ccccc4)c([2H])c([2H])c3c(-c3ccc4ccccc4c3)c2c1[2H]. The van der Waals surface area contributed by atoms with Crippen LogP contribution in [0, 0.1) is 0 Å². The van der Waals surface area contributed by atoms with E-state index in [2.05, 4.69) is 30.3 Å². The molecule has 0 bridgehead atoms. The van der Waals surface area contributed by atoms with E-state index >= 15 is 0 Å². The van der Waals surface area contributed by atoms with Gasteiger partial charge in [0.2, 0.25) is 0 Å². The highest BCUT2D eigenvalue weighted by Crippen LogP contribution is 2.45. The number of rotatable bonds is 4. The molecule has 0 N–H and O–H groups in total. The minimum Gasteiger partial charge on any atom is -0.0622 e. The van der Waals surface area contributed by atoms with Crippen LogP contribution in [0.3, 0.4) is 0 Å². The molecule has 0 aliphatic heterocycles. The van der Waals surface area contributed by atoms with E-state index < -0.39 is 0 Å². The second-order valence-corrected chi connectivity index (χ2v) is 11.6. The second-order valence-electron chi connectivity index (χ2n) is 11.6. The highest BCUT2D eigenvalue weighted by molar-refractivity contribution is 6.22. The summed E-state index contributed by atoms with van der Waals surface area (Å²) in [6.45, 7) is 0. The first-order valence-corrected chi connectivity index (χ1v) is 15.4. The Balaban J connectivity index is 1.45. The molecule has 0 atom stereocenters. The molecule has 0 radical (unpaired) electrons. The summed E-state index contributed by atoms with van der Waals surface area (Å²) in [5.41, 5.74) is 5.04. The molecule has 46 heavy (non-hydrogen) atoms. The lowest BCUT2D eigenvalue weighted by atomic mass is 9.84. The van der Waals surface area contributed by atoms with Crippen molar-refractivity contribution < 1.29 is 9.60 Å². The summed E-state index contributed by atoms with van der Waals surface area (Å²) >= 11 is 0. The maximum absolute atomic E-state index is 9.85. The van der Waals surface area contributed by atoms with Gasteiger partial charge in [0.1, 0.15) is 0 Å². The van der Waals surface area contributed by atoms with E-state index in [1.807, 2.05) is 109 Å². The highest BCUT2D eigenvalue weighted by atomic mass is 14.2. The van der Waals surface area contributed by atoms with Crippen LogP contribution in [-0.4, -0.2) is 0 Å². The lowest BCUT2D eigenvalue weighted by molar-refractivity contribution is 1.62. The predicted molar refractivity (Wildman–Crippen MR) is 198 cm³/mol. The smallest absolute Gasteiger partial charge is 0.0622 e. The average molecular weight is 590 g/mol. The molecule has 0 heterocycles. The van der Waals surface area contributed by atoms with Crippen LogP contribution in [0.5, 0.6) is 0 Å². The molecule has 0 spiro atoms. The van der Waals surface area contributed by atoms with E-state index in [9.17, 15) is 6.85 Å². The summed E-state index contributed by atoms with van der Waals surface area (Å²) in [5, 5.41) is 5.38. The molecule has 9 aromatic carbocycles. The predicted octanol–water partition coefficient (Wildman–Crippen LogP) is 13.0. The Morgan fingerprint density at radius 1 is 0.304 bits per heavy atom. The van der Waals surface area contributed by atoms with Gasteiger partial charge in [0.25, 0.3) is 0 Å². The summed E-state index contributed by atoms with van der Waals surface area (Å²) in [6, 6.07) is 43.8. The fourth-order valence-electron chi connectivity index (χ4n) is 6.59. The molecular formula is C46H30. The van der Waals surface area contributed by atoms with Gasteiger partial charge in [0.15, 0.2) is 0 Å². The van der Waals surface area contributed by atoms with Gasteiger partial charge in [-0.2, -0.15) is 0 Å². The van der Waals surface area contributed by atoms with Crippen molar-refractivity contribution in [2.75, 3.05) is 0 Å². The summed E-state index contributed by atoms with van der Waals surface area (Å²) in [5.74, 6) is 0. The van der Waals surface area contributed by atoms with Gasteiger partial charge >= 0.3 is 0 Å². The van der Waals surface area contributed by atoms with Crippen molar-refractivity contribution in [1.29, 1.82) is 0 Å². The van der Waals surface area contributed by atoms with Crippen LogP contribution in [0.2, 0.25) is 0 Å². The molecule has 0 aliphatic carbocycles. The summed E-state index contributed by atoms with van der Waals surface area (Å²) in [7, 11) is 0. The summed E-state index contributed by atoms with van der Waals surface area (Å²) < 4.78 is 65.1. The monoisotopic (exact) mass is 589 g/mol. The minimum absolute atomic E-state index is 0.0251. The lowest BCUT2D eigenvalue weighted by Gasteiger charge is -2.19. The third-order valence-electron chi connectivity index (χ3n) is 8.86. The standard InChI is InChI=1S/C46H30/c1-2-10-31(11-3-1)39-26-27-43-44(30-39)45(35-22-18-34(19-23-35)38-24-20-32-12-4-6-14-36(32)28-38)41-16-8-9-17-42(41)46(43)40-25-21-33-13-5-7-15-37(33)29-40/h1-30H/i8D,9D,16D,17D,26D,27D,30D. The Morgan fingerprint density at radius 3 is 1.46 bits per heavy atom. The van der Waals surface area contributed by atoms with Crippen molar-refractivity contribution in [3.63, 3.8) is 0 Å². The van der Waals surface area contributed by atoms with Gasteiger partial charge < -0.3 is 0 Å². The zero-order valence-corrected chi connectivity index (χ0v) is 24.8. The first-order chi connectivity index (χ1) is 25.7. The van der Waals surface area contributed by atoms with Crippen LogP contribution in [0.4, 0.5) is 0 Å². The van der Waals surface area contributed by atoms with Crippen molar-refractivity contribution in [3.8, 4) is 44.5 Å². The van der Waals surface area contributed by atoms with E-state index in [0.717, 1.165) is 32.7 Å². The van der Waals surface area contributed by atoms with Crippen LogP contribution < -0.4 is 0 Å². The highest BCUT2D eigenvalue weighted by Gasteiger charge is 2.18. The molecular weight excluding hydrogens is 553 g/mol. The van der Waals surface area contributed by atoms with Crippen LogP contribution in [-0.2, 0) is 0 Å². The molecule has 0 saturated heterocycles. The van der Waals surface area contributed by atoms with Gasteiger partial charge in [-0.15, -0.1) is 0 Å². The molecule has 0 nitrogen and oxygen atoms in total. The maximum Gasteiger partial charge on any atom is 0.0636 e. The van der Waals surface area contributed by atoms with Crippen LogP contribution in [0.1, 0.15) is 9.60 Å². The topological polar surface area (TPSA) is 0 Å². The second kappa shape index (κ2) is 10.9. The molecule has 0 unspecified atom stereocenters. The first-order valence-electron chi connectivity index (χ1n) is 18.9. The van der Waals surface area contributed by atoms with Gasteiger partial charge in [-0.1, -0.05) is 164 Å². The van der Waals surface area contributed by atoms with Gasteiger partial charge in [0.05, 0.1) is 9.60 Å². The Morgan fingerprint density at radius 2 is 0.783 bits per heavy atom. The van der Waals surface area contributed by atoms with E-state index in [4.69, 9.17) is 2.74 Å². The molecule has 0 heteroatoms. The van der Waals surface area contributed by atoms with Crippen molar-refractivity contribution in [3.05, 3.63) is 182 Å². The molecule has 0 amide bonds. The molecule has 214 valence electrons. The van der Waals surface area contributed by atoms with Gasteiger partial charge in [-0.05, 0) is 106 Å². The number of benzene rings is 9. The molecule has 9 rings (SSSR count). The van der Waals surface area contributed by atoms with Crippen LogP contribution >= 0.6 is 0 Å². The number of hydrogen-bond donors (Lipinski definition) is 0. The Bertz CT molecular complexity index is 2950. The van der Waals surface area contributed by atoms with Crippen molar-refractivity contribution >= 4 is 43.1 Å². The molecule has 0 saturated carbocycles. The zero-order valence-electron chi connectivity index (χ0n) is 31.8. The Labute approximate surface area is 278 Å². The van der Waals surface area contributed by atoms with Gasteiger partial charge in [-0.25, -0.2) is 0 Å². The minimum atomic E-state index is -0.383. The zero-order chi connectivity index (χ0) is 36.5. The largest absolute Gasteiger partial charge is 0.0636 e. The third kappa shape index (κ3) is 4.47. The van der Waals surface area contributed by atoms with Crippen LogP contribution in [0.25, 0.3) is 87.6 Å². The van der Waals surface area contributed by atoms with Crippen molar-refractivity contribution in [2.45, 2.75) is 0 Å². The lowest BCUT2D eigenvalue weighted by Crippen LogP contribution is -1.92. The van der Waals surface area contributed by atoms with Crippen LogP contribution in [0.15, 0.2) is 182 Å². The number of fused-ring (bicyclic) bond motifs is 4.